The van der Waals surface area contributed by atoms with Crippen LogP contribution in [0.3, 0.4) is 0 Å². The van der Waals surface area contributed by atoms with E-state index in [0.717, 1.165) is 40.6 Å². The fourth-order valence-electron chi connectivity index (χ4n) is 1.61. The molecule has 0 aliphatic rings. The first-order valence-corrected chi connectivity index (χ1v) is 8.01. The molecular weight excluding hydrogens is 386 g/mol. The summed E-state index contributed by atoms with van der Waals surface area (Å²) in [5.41, 5.74) is 1.18. The van der Waals surface area contributed by atoms with Crippen molar-refractivity contribution < 1.29 is 9.47 Å². The van der Waals surface area contributed by atoms with Crippen LogP contribution in [0.25, 0.3) is 0 Å². The first kappa shape index (κ1) is 17.5. The number of unbranched alkanes of at least 4 members (excludes halogenated alkanes) is 1. The van der Waals surface area contributed by atoms with Crippen molar-refractivity contribution in [1.82, 2.24) is 5.32 Å². The summed E-state index contributed by atoms with van der Waals surface area (Å²) < 4.78 is 12.6. The van der Waals surface area contributed by atoms with Crippen molar-refractivity contribution in [2.75, 3.05) is 26.9 Å². The van der Waals surface area contributed by atoms with Gasteiger partial charge in [-0.25, -0.2) is 0 Å². The molecule has 0 aliphatic heterocycles. The van der Waals surface area contributed by atoms with Gasteiger partial charge in [-0.1, -0.05) is 0 Å². The van der Waals surface area contributed by atoms with Crippen LogP contribution in [-0.4, -0.2) is 26.9 Å². The molecule has 0 saturated carbocycles. The Bertz CT molecular complexity index is 435. The highest BCUT2D eigenvalue weighted by molar-refractivity contribution is 9.11. The Hall–Kier alpha value is -0.540. The average molecular weight is 405 g/mol. The van der Waals surface area contributed by atoms with Crippen LogP contribution >= 0.6 is 31.9 Å². The van der Waals surface area contributed by atoms with Crippen molar-refractivity contribution in [3.05, 3.63) is 26.6 Å². The topological polar surface area (TPSA) is 30.5 Å². The van der Waals surface area contributed by atoms with Crippen LogP contribution in [-0.2, 0) is 11.3 Å². The Morgan fingerprint density at radius 1 is 1.25 bits per heavy atom. The molecule has 110 valence electrons. The quantitative estimate of drug-likeness (QED) is 0.502. The van der Waals surface area contributed by atoms with Gasteiger partial charge in [-0.2, -0.15) is 0 Å². The van der Waals surface area contributed by atoms with Gasteiger partial charge in [0, 0.05) is 26.6 Å². The van der Waals surface area contributed by atoms with E-state index in [2.05, 4.69) is 55.2 Å². The molecule has 0 fully saturated rings. The number of rotatable bonds is 9. The van der Waals surface area contributed by atoms with Crippen molar-refractivity contribution in [1.29, 1.82) is 0 Å². The van der Waals surface area contributed by atoms with Crippen molar-refractivity contribution in [2.24, 2.45) is 0 Å². The maximum Gasteiger partial charge on any atom is 0.147 e. The molecule has 1 aromatic rings. The SMILES string of the molecule is C#CCCCOc1c(Br)cc(CNCCOC)cc1Br. The van der Waals surface area contributed by atoms with Crippen LogP contribution in [0, 0.1) is 12.3 Å². The van der Waals surface area contributed by atoms with Crippen LogP contribution < -0.4 is 10.1 Å². The van der Waals surface area contributed by atoms with Crippen LogP contribution in [0.15, 0.2) is 21.1 Å². The second-order valence-corrected chi connectivity index (χ2v) is 5.92. The Balaban J connectivity index is 2.55. The molecule has 1 aromatic carbocycles. The van der Waals surface area contributed by atoms with Gasteiger partial charge in [0.25, 0.3) is 0 Å². The van der Waals surface area contributed by atoms with Crippen LogP contribution in [0.2, 0.25) is 0 Å². The third kappa shape index (κ3) is 6.27. The molecule has 0 atom stereocenters. The molecule has 0 amide bonds. The molecule has 0 bridgehead atoms. The molecule has 0 radical (unpaired) electrons. The standard InChI is InChI=1S/C15H19Br2NO2/c1-3-4-5-7-20-15-13(16)9-12(10-14(15)17)11-18-6-8-19-2/h1,9-10,18H,4-8,11H2,2H3. The third-order valence-electron chi connectivity index (χ3n) is 2.58. The lowest BCUT2D eigenvalue weighted by Crippen LogP contribution is -2.18. The fourth-order valence-corrected chi connectivity index (χ4v) is 3.12. The van der Waals surface area contributed by atoms with Crippen LogP contribution in [0.1, 0.15) is 18.4 Å². The van der Waals surface area contributed by atoms with E-state index in [1.54, 1.807) is 7.11 Å². The number of terminal acetylenes is 1. The zero-order valence-corrected chi connectivity index (χ0v) is 14.7. The van der Waals surface area contributed by atoms with Gasteiger partial charge < -0.3 is 14.8 Å². The lowest BCUT2D eigenvalue weighted by atomic mass is 10.2. The van der Waals surface area contributed by atoms with E-state index in [0.29, 0.717) is 13.2 Å². The van der Waals surface area contributed by atoms with Crippen molar-refractivity contribution in [2.45, 2.75) is 19.4 Å². The number of ether oxygens (including phenoxy) is 2. The molecule has 0 aliphatic carbocycles. The summed E-state index contributed by atoms with van der Waals surface area (Å²) in [7, 11) is 1.70. The fraction of sp³-hybridized carbons (Fsp3) is 0.467. The molecule has 3 nitrogen and oxygen atoms in total. The van der Waals surface area contributed by atoms with Gasteiger partial charge in [-0.15, -0.1) is 12.3 Å². The Labute approximate surface area is 137 Å². The van der Waals surface area contributed by atoms with Crippen molar-refractivity contribution >= 4 is 31.9 Å². The van der Waals surface area contributed by atoms with E-state index in [1.165, 1.54) is 5.56 Å². The number of halogens is 2. The molecule has 5 heteroatoms. The summed E-state index contributed by atoms with van der Waals surface area (Å²) in [5.74, 6) is 3.43. The number of benzene rings is 1. The predicted octanol–water partition coefficient (Wildman–Crippen LogP) is 3.74. The van der Waals surface area contributed by atoms with Gasteiger partial charge >= 0.3 is 0 Å². The Morgan fingerprint density at radius 3 is 2.55 bits per heavy atom. The molecule has 1 rings (SSSR count). The van der Waals surface area contributed by atoms with Crippen LogP contribution in [0.5, 0.6) is 5.75 Å². The monoisotopic (exact) mass is 403 g/mol. The van der Waals surface area contributed by atoms with Gasteiger partial charge in [0.2, 0.25) is 0 Å². The minimum absolute atomic E-state index is 0.618. The largest absolute Gasteiger partial charge is 0.491 e. The maximum atomic E-state index is 5.74. The number of hydrogen-bond donors (Lipinski definition) is 1. The van der Waals surface area contributed by atoms with Gasteiger partial charge in [0.05, 0.1) is 22.2 Å². The number of hydrogen-bond acceptors (Lipinski definition) is 3. The first-order valence-electron chi connectivity index (χ1n) is 6.43. The lowest BCUT2D eigenvalue weighted by molar-refractivity contribution is 0.199. The third-order valence-corrected chi connectivity index (χ3v) is 3.76. The Morgan fingerprint density at radius 2 is 1.95 bits per heavy atom. The van der Waals surface area contributed by atoms with E-state index < -0.39 is 0 Å². The zero-order valence-electron chi connectivity index (χ0n) is 11.5. The lowest BCUT2D eigenvalue weighted by Gasteiger charge is -2.12. The molecule has 1 N–H and O–H groups in total. The predicted molar refractivity (Wildman–Crippen MR) is 89.0 cm³/mol. The molecule has 0 spiro atoms. The molecule has 0 unspecified atom stereocenters. The van der Waals surface area contributed by atoms with Crippen molar-refractivity contribution in [3.63, 3.8) is 0 Å². The highest BCUT2D eigenvalue weighted by atomic mass is 79.9. The summed E-state index contributed by atoms with van der Waals surface area (Å²) in [6.45, 7) is 2.94. The summed E-state index contributed by atoms with van der Waals surface area (Å²) in [6.07, 6.45) is 6.81. The van der Waals surface area contributed by atoms with E-state index in [4.69, 9.17) is 15.9 Å². The molecule has 0 saturated heterocycles. The smallest absolute Gasteiger partial charge is 0.147 e. The van der Waals surface area contributed by atoms with Gasteiger partial charge in [0.1, 0.15) is 5.75 Å². The minimum Gasteiger partial charge on any atom is -0.491 e. The van der Waals surface area contributed by atoms with E-state index in [-0.39, 0.29) is 0 Å². The minimum atomic E-state index is 0.618. The average Bonchev–Trinajstić information content (AvgIpc) is 2.42. The van der Waals surface area contributed by atoms with Crippen LogP contribution in [0.4, 0.5) is 0 Å². The summed E-state index contributed by atoms with van der Waals surface area (Å²) >= 11 is 7.08. The zero-order chi connectivity index (χ0) is 14.8. The second kappa shape index (κ2) is 10.2. The molecule has 0 heterocycles. The van der Waals surface area contributed by atoms with Gasteiger partial charge in [-0.3, -0.25) is 0 Å². The normalized spacial score (nSPS) is 10.3. The molecule has 0 aromatic heterocycles. The van der Waals surface area contributed by atoms with Gasteiger partial charge in [0.15, 0.2) is 0 Å². The number of methoxy groups -OCH3 is 1. The highest BCUT2D eigenvalue weighted by Gasteiger charge is 2.08. The number of nitrogens with one attached hydrogen (secondary N) is 1. The Kier molecular flexibility index (Phi) is 8.95. The highest BCUT2D eigenvalue weighted by Crippen LogP contribution is 2.34. The second-order valence-electron chi connectivity index (χ2n) is 4.21. The summed E-state index contributed by atoms with van der Waals surface area (Å²) in [4.78, 5) is 0. The van der Waals surface area contributed by atoms with Crippen molar-refractivity contribution in [3.8, 4) is 18.1 Å². The van der Waals surface area contributed by atoms with Gasteiger partial charge in [-0.05, 0) is 56.0 Å². The van der Waals surface area contributed by atoms with E-state index in [1.807, 2.05) is 0 Å². The molecule has 20 heavy (non-hydrogen) atoms. The first-order chi connectivity index (χ1) is 9.69. The van der Waals surface area contributed by atoms with E-state index in [9.17, 15) is 0 Å². The van der Waals surface area contributed by atoms with E-state index >= 15 is 0 Å². The summed E-state index contributed by atoms with van der Waals surface area (Å²) in [6, 6.07) is 4.11. The summed E-state index contributed by atoms with van der Waals surface area (Å²) in [5, 5.41) is 3.31. The maximum absolute atomic E-state index is 5.74. The molecular formula is C15H19Br2NO2.